The van der Waals surface area contributed by atoms with Gasteiger partial charge in [0.05, 0.1) is 0 Å². The van der Waals surface area contributed by atoms with Crippen LogP contribution in [-0.4, -0.2) is 30.9 Å². The van der Waals surface area contributed by atoms with Crippen molar-refractivity contribution in [3.8, 4) is 0 Å². The number of benzene rings is 3. The second-order valence-corrected chi connectivity index (χ2v) is 10.1. The number of amides is 2. The standard InChI is InChI=1S/C32H39N3O2/c1-5-20-34(21-6-2)27-18-16-25(17-19-27)32(37)35-23(3)22-29(28-14-10-11-15-30(28)35)24(4)31(36)33-26-12-8-7-9-13-26/h7-19,23-24,29H,5-6,20-22H2,1-4H3,(H,33,36)/t23-,24?,29-/m0/s1. The van der Waals surface area contributed by atoms with Gasteiger partial charge >= 0.3 is 0 Å². The average molecular weight is 498 g/mol. The lowest BCUT2D eigenvalue weighted by molar-refractivity contribution is -0.120. The molecule has 37 heavy (non-hydrogen) atoms. The molecule has 1 heterocycles. The molecule has 2 amide bonds. The quantitative estimate of drug-likeness (QED) is 0.343. The normalized spacial score (nSPS) is 17.6. The van der Waals surface area contributed by atoms with E-state index in [2.05, 4.69) is 49.2 Å². The molecule has 5 heteroatoms. The van der Waals surface area contributed by atoms with Crippen molar-refractivity contribution < 1.29 is 9.59 Å². The number of para-hydroxylation sites is 2. The summed E-state index contributed by atoms with van der Waals surface area (Å²) in [6.45, 7) is 10.5. The third kappa shape index (κ3) is 5.87. The highest BCUT2D eigenvalue weighted by atomic mass is 16.2. The van der Waals surface area contributed by atoms with E-state index in [-0.39, 0.29) is 29.7 Å². The van der Waals surface area contributed by atoms with Gasteiger partial charge in [-0.3, -0.25) is 9.59 Å². The number of nitrogens with one attached hydrogen (secondary N) is 1. The summed E-state index contributed by atoms with van der Waals surface area (Å²) in [6.07, 6.45) is 2.91. The fraction of sp³-hybridized carbons (Fsp3) is 0.375. The molecule has 0 radical (unpaired) electrons. The molecular weight excluding hydrogens is 458 g/mol. The lowest BCUT2D eigenvalue weighted by Crippen LogP contribution is -2.45. The van der Waals surface area contributed by atoms with E-state index in [1.807, 2.05) is 72.5 Å². The predicted molar refractivity (Wildman–Crippen MR) is 154 cm³/mol. The summed E-state index contributed by atoms with van der Waals surface area (Å²) in [7, 11) is 0. The van der Waals surface area contributed by atoms with Gasteiger partial charge < -0.3 is 15.1 Å². The Hall–Kier alpha value is -3.60. The van der Waals surface area contributed by atoms with Crippen LogP contribution in [0.15, 0.2) is 78.9 Å². The summed E-state index contributed by atoms with van der Waals surface area (Å²) >= 11 is 0. The fourth-order valence-electron chi connectivity index (χ4n) is 5.46. The van der Waals surface area contributed by atoms with Crippen molar-refractivity contribution in [2.45, 2.75) is 58.9 Å². The molecule has 0 aromatic heterocycles. The van der Waals surface area contributed by atoms with Crippen molar-refractivity contribution in [2.24, 2.45) is 5.92 Å². The first kappa shape index (κ1) is 26.5. The van der Waals surface area contributed by atoms with E-state index in [1.54, 1.807) is 0 Å². The maximum absolute atomic E-state index is 13.8. The molecule has 0 saturated heterocycles. The Morgan fingerprint density at radius 3 is 2.19 bits per heavy atom. The molecule has 0 aliphatic carbocycles. The molecule has 0 bridgehead atoms. The lowest BCUT2D eigenvalue weighted by atomic mass is 9.78. The summed E-state index contributed by atoms with van der Waals surface area (Å²) in [5.74, 6) is -0.206. The van der Waals surface area contributed by atoms with Crippen molar-refractivity contribution >= 4 is 28.9 Å². The van der Waals surface area contributed by atoms with Crippen LogP contribution in [0.25, 0.3) is 0 Å². The molecule has 5 nitrogen and oxygen atoms in total. The van der Waals surface area contributed by atoms with Crippen LogP contribution in [0.4, 0.5) is 17.1 Å². The van der Waals surface area contributed by atoms with Crippen LogP contribution in [0.1, 0.15) is 68.8 Å². The second kappa shape index (κ2) is 12.1. The fourth-order valence-corrected chi connectivity index (χ4v) is 5.46. The number of anilines is 3. The van der Waals surface area contributed by atoms with Gasteiger partial charge in [-0.1, -0.05) is 57.2 Å². The summed E-state index contributed by atoms with van der Waals surface area (Å²) in [6, 6.07) is 25.6. The zero-order chi connectivity index (χ0) is 26.4. The van der Waals surface area contributed by atoms with Gasteiger partial charge in [0.15, 0.2) is 0 Å². The predicted octanol–water partition coefficient (Wildman–Crippen LogP) is 7.11. The minimum absolute atomic E-state index is 0.00252. The highest BCUT2D eigenvalue weighted by Crippen LogP contribution is 2.43. The third-order valence-electron chi connectivity index (χ3n) is 7.38. The van der Waals surface area contributed by atoms with Gasteiger partial charge in [0.2, 0.25) is 5.91 Å². The average Bonchev–Trinajstić information content (AvgIpc) is 2.92. The summed E-state index contributed by atoms with van der Waals surface area (Å²) < 4.78 is 0. The van der Waals surface area contributed by atoms with Crippen LogP contribution in [0.5, 0.6) is 0 Å². The topological polar surface area (TPSA) is 52.7 Å². The zero-order valence-corrected chi connectivity index (χ0v) is 22.5. The van der Waals surface area contributed by atoms with Crippen LogP contribution in [0.2, 0.25) is 0 Å². The molecule has 4 rings (SSSR count). The van der Waals surface area contributed by atoms with E-state index in [0.29, 0.717) is 5.56 Å². The second-order valence-electron chi connectivity index (χ2n) is 10.1. The van der Waals surface area contributed by atoms with Crippen LogP contribution in [0, 0.1) is 5.92 Å². The Balaban J connectivity index is 1.57. The summed E-state index contributed by atoms with van der Waals surface area (Å²) in [5, 5.41) is 3.05. The lowest BCUT2D eigenvalue weighted by Gasteiger charge is -2.41. The zero-order valence-electron chi connectivity index (χ0n) is 22.5. The van der Waals surface area contributed by atoms with Crippen molar-refractivity contribution in [3.63, 3.8) is 0 Å². The Labute approximate surface area is 221 Å². The van der Waals surface area contributed by atoms with Crippen LogP contribution < -0.4 is 15.1 Å². The number of hydrogen-bond acceptors (Lipinski definition) is 3. The van der Waals surface area contributed by atoms with E-state index < -0.39 is 0 Å². The molecule has 0 fully saturated rings. The Morgan fingerprint density at radius 1 is 0.919 bits per heavy atom. The first-order valence-corrected chi connectivity index (χ1v) is 13.6. The SMILES string of the molecule is CCCN(CCC)c1ccc(C(=O)N2c3ccccc3[C@H](C(C)C(=O)Nc3ccccc3)C[C@@H]2C)cc1. The molecule has 0 spiro atoms. The van der Waals surface area contributed by atoms with Gasteiger partial charge in [0, 0.05) is 47.7 Å². The van der Waals surface area contributed by atoms with Gasteiger partial charge in [-0.05, 0) is 80.1 Å². The first-order valence-electron chi connectivity index (χ1n) is 13.6. The number of rotatable bonds is 9. The molecule has 3 atom stereocenters. The maximum Gasteiger partial charge on any atom is 0.258 e. The summed E-state index contributed by atoms with van der Waals surface area (Å²) in [4.78, 5) is 31.2. The molecule has 3 aromatic rings. The monoisotopic (exact) mass is 497 g/mol. The van der Waals surface area contributed by atoms with E-state index in [0.717, 1.165) is 55.0 Å². The van der Waals surface area contributed by atoms with Gasteiger partial charge in [-0.25, -0.2) is 0 Å². The number of nitrogens with zero attached hydrogens (tertiary/aromatic N) is 2. The van der Waals surface area contributed by atoms with Crippen LogP contribution in [-0.2, 0) is 4.79 Å². The van der Waals surface area contributed by atoms with Crippen molar-refractivity contribution in [2.75, 3.05) is 28.2 Å². The van der Waals surface area contributed by atoms with E-state index >= 15 is 0 Å². The number of hydrogen-bond donors (Lipinski definition) is 1. The van der Waals surface area contributed by atoms with E-state index in [9.17, 15) is 9.59 Å². The van der Waals surface area contributed by atoms with Gasteiger partial charge in [-0.2, -0.15) is 0 Å². The number of carbonyl (C=O) groups excluding carboxylic acids is 2. The van der Waals surface area contributed by atoms with Crippen molar-refractivity contribution in [1.29, 1.82) is 0 Å². The van der Waals surface area contributed by atoms with Crippen molar-refractivity contribution in [3.05, 3.63) is 90.0 Å². The van der Waals surface area contributed by atoms with Crippen LogP contribution in [0.3, 0.4) is 0 Å². The number of carbonyl (C=O) groups is 2. The van der Waals surface area contributed by atoms with Crippen molar-refractivity contribution in [1.82, 2.24) is 0 Å². The van der Waals surface area contributed by atoms with Gasteiger partial charge in [-0.15, -0.1) is 0 Å². The molecule has 194 valence electrons. The maximum atomic E-state index is 13.8. The molecule has 1 aliphatic heterocycles. The highest BCUT2D eigenvalue weighted by molar-refractivity contribution is 6.07. The van der Waals surface area contributed by atoms with Gasteiger partial charge in [0.1, 0.15) is 0 Å². The van der Waals surface area contributed by atoms with Gasteiger partial charge in [0.25, 0.3) is 5.91 Å². The Bertz CT molecular complexity index is 1190. The van der Waals surface area contributed by atoms with E-state index in [1.165, 1.54) is 0 Å². The third-order valence-corrected chi connectivity index (χ3v) is 7.38. The molecule has 1 aliphatic rings. The van der Waals surface area contributed by atoms with E-state index in [4.69, 9.17) is 0 Å². The Kier molecular flexibility index (Phi) is 8.65. The Morgan fingerprint density at radius 2 is 1.54 bits per heavy atom. The molecule has 1 unspecified atom stereocenters. The highest BCUT2D eigenvalue weighted by Gasteiger charge is 2.38. The molecule has 3 aromatic carbocycles. The number of fused-ring (bicyclic) bond motifs is 1. The summed E-state index contributed by atoms with van der Waals surface area (Å²) in [5.41, 5.74) is 4.60. The smallest absolute Gasteiger partial charge is 0.258 e. The first-order chi connectivity index (χ1) is 17.9. The largest absolute Gasteiger partial charge is 0.372 e. The molecule has 0 saturated carbocycles. The molecule has 1 N–H and O–H groups in total. The minimum atomic E-state index is -0.233. The molecular formula is C32H39N3O2. The van der Waals surface area contributed by atoms with Crippen LogP contribution >= 0.6 is 0 Å². The minimum Gasteiger partial charge on any atom is -0.372 e.